The summed E-state index contributed by atoms with van der Waals surface area (Å²) >= 11 is 0. The number of likely N-dealkylation sites (N-methyl/N-ethyl adjacent to an activating group) is 1. The Morgan fingerprint density at radius 2 is 1.30 bits per heavy atom. The molecule has 8 nitrogen and oxygen atoms in total. The molecule has 0 aromatic carbocycles. The van der Waals surface area contributed by atoms with E-state index in [2.05, 4.69) is 73.0 Å². The van der Waals surface area contributed by atoms with Gasteiger partial charge in [0.15, 0.2) is 0 Å². The van der Waals surface area contributed by atoms with Crippen LogP contribution in [-0.4, -0.2) is 73.4 Å². The molecule has 0 aromatic heterocycles. The van der Waals surface area contributed by atoms with Crippen molar-refractivity contribution >= 4 is 13.7 Å². The van der Waals surface area contributed by atoms with Gasteiger partial charge in [-0.25, -0.2) is 4.57 Å². The summed E-state index contributed by atoms with van der Waals surface area (Å²) in [4.78, 5) is 22.7. The van der Waals surface area contributed by atoms with E-state index >= 15 is 0 Å². The third-order valence-corrected chi connectivity index (χ3v) is 7.90. The lowest BCUT2D eigenvalue weighted by Crippen LogP contribution is -2.45. The zero-order valence-electron chi connectivity index (χ0n) is 29.5. The lowest BCUT2D eigenvalue weighted by molar-refractivity contribution is -0.870. The van der Waals surface area contributed by atoms with Crippen molar-refractivity contribution in [2.45, 2.75) is 116 Å². The van der Waals surface area contributed by atoms with Gasteiger partial charge in [0, 0.05) is 6.42 Å². The monoisotopic (exact) mass is 665 g/mol. The molecular weight excluding hydrogens is 599 g/mol. The number of nitrogens with one attached hydrogen (secondary N) is 1. The molecule has 0 radical (unpaired) electrons. The molecule has 0 bridgehead atoms. The van der Waals surface area contributed by atoms with Crippen LogP contribution in [0.15, 0.2) is 72.9 Å². The maximum absolute atomic E-state index is 12.6. The fraction of sp³-hybridized carbons (Fsp3) is 0.649. The van der Waals surface area contributed by atoms with Gasteiger partial charge in [-0.1, -0.05) is 112 Å². The van der Waals surface area contributed by atoms with E-state index < -0.39 is 20.0 Å². The maximum Gasteiger partial charge on any atom is 0.472 e. The van der Waals surface area contributed by atoms with Crippen LogP contribution >= 0.6 is 7.82 Å². The van der Waals surface area contributed by atoms with Crippen LogP contribution in [0, 0.1) is 0 Å². The van der Waals surface area contributed by atoms with E-state index in [1.807, 2.05) is 34.1 Å². The van der Waals surface area contributed by atoms with Gasteiger partial charge in [0.05, 0.1) is 39.9 Å². The second-order valence-corrected chi connectivity index (χ2v) is 14.0. The Labute approximate surface area is 281 Å². The predicted octanol–water partition coefficient (Wildman–Crippen LogP) is 8.51. The first-order chi connectivity index (χ1) is 22.0. The Morgan fingerprint density at radius 3 is 1.87 bits per heavy atom. The molecule has 0 heterocycles. The molecule has 3 N–H and O–H groups in total. The van der Waals surface area contributed by atoms with Crippen LogP contribution in [0.1, 0.15) is 104 Å². The Morgan fingerprint density at radius 1 is 0.761 bits per heavy atom. The Bertz CT molecular complexity index is 981. The molecule has 9 heteroatoms. The fourth-order valence-electron chi connectivity index (χ4n) is 4.13. The number of carbonyl (C=O) groups excluding carboxylic acids is 1. The first-order valence-electron chi connectivity index (χ1n) is 17.3. The summed E-state index contributed by atoms with van der Waals surface area (Å²) in [5, 5.41) is 13.4. The molecule has 1 amide bonds. The van der Waals surface area contributed by atoms with Crippen LogP contribution in [-0.2, 0) is 18.4 Å². The number of hydrogen-bond donors (Lipinski definition) is 3. The van der Waals surface area contributed by atoms with Crippen LogP contribution in [0.3, 0.4) is 0 Å². The number of amides is 1. The molecule has 0 aliphatic carbocycles. The van der Waals surface area contributed by atoms with Crippen LogP contribution in [0.25, 0.3) is 0 Å². The molecule has 46 heavy (non-hydrogen) atoms. The number of quaternary nitrogens is 1. The molecule has 0 spiro atoms. The Kier molecular flexibility index (Phi) is 27.8. The van der Waals surface area contributed by atoms with E-state index in [0.717, 1.165) is 83.5 Å². The van der Waals surface area contributed by atoms with Gasteiger partial charge in [-0.3, -0.25) is 13.8 Å². The summed E-state index contributed by atoms with van der Waals surface area (Å²) in [7, 11) is 1.53. The molecule has 0 rings (SSSR count). The zero-order chi connectivity index (χ0) is 34.4. The van der Waals surface area contributed by atoms with Crippen molar-refractivity contribution in [3.8, 4) is 0 Å². The quantitative estimate of drug-likeness (QED) is 0.0320. The van der Waals surface area contributed by atoms with Gasteiger partial charge in [-0.05, 0) is 57.8 Å². The van der Waals surface area contributed by atoms with E-state index in [4.69, 9.17) is 9.05 Å². The van der Waals surface area contributed by atoms with Crippen molar-refractivity contribution in [3.05, 3.63) is 72.9 Å². The molecular formula is C37H66N2O6P+. The number of unbranched alkanes of at least 4 members (excludes halogenated alkanes) is 6. The SMILES string of the molecule is CC/C=C\C/C=C\C/C=C\C/C=C\C/C=C\CCCCCCCC(=O)NC(COP(=O)(O)OCC[N+](C)(C)C)C(O)/C=C/CCC. The predicted molar refractivity (Wildman–Crippen MR) is 193 cm³/mol. The van der Waals surface area contributed by atoms with Crippen LogP contribution in [0.2, 0.25) is 0 Å². The summed E-state index contributed by atoms with van der Waals surface area (Å²) < 4.78 is 23.1. The Balaban J connectivity index is 4.21. The number of phosphoric acid groups is 1. The molecule has 0 aromatic rings. The minimum absolute atomic E-state index is 0.0512. The summed E-state index contributed by atoms with van der Waals surface area (Å²) in [5.41, 5.74) is 0. The summed E-state index contributed by atoms with van der Waals surface area (Å²) in [5.74, 6) is -0.214. The summed E-state index contributed by atoms with van der Waals surface area (Å²) in [6.07, 6.45) is 37.6. The number of aliphatic hydroxyl groups excluding tert-OH is 1. The van der Waals surface area contributed by atoms with Crippen LogP contribution in [0.5, 0.6) is 0 Å². The minimum Gasteiger partial charge on any atom is -0.387 e. The lowest BCUT2D eigenvalue weighted by atomic mass is 10.1. The third-order valence-electron chi connectivity index (χ3n) is 6.91. The van der Waals surface area contributed by atoms with Crippen molar-refractivity contribution in [1.29, 1.82) is 0 Å². The zero-order valence-corrected chi connectivity index (χ0v) is 30.4. The van der Waals surface area contributed by atoms with Gasteiger partial charge in [-0.15, -0.1) is 0 Å². The van der Waals surface area contributed by atoms with Crippen molar-refractivity contribution in [3.63, 3.8) is 0 Å². The number of nitrogens with zero attached hydrogens (tertiary/aromatic N) is 1. The minimum atomic E-state index is -4.32. The maximum atomic E-state index is 12.6. The lowest BCUT2D eigenvalue weighted by Gasteiger charge is -2.25. The molecule has 0 aliphatic heterocycles. The van der Waals surface area contributed by atoms with Gasteiger partial charge in [-0.2, -0.15) is 0 Å². The molecule has 3 unspecified atom stereocenters. The average Bonchev–Trinajstić information content (AvgIpc) is 2.99. The molecule has 3 atom stereocenters. The van der Waals surface area contributed by atoms with Crippen molar-refractivity contribution in [2.24, 2.45) is 0 Å². The highest BCUT2D eigenvalue weighted by Gasteiger charge is 2.27. The highest BCUT2D eigenvalue weighted by molar-refractivity contribution is 7.47. The fourth-order valence-corrected chi connectivity index (χ4v) is 4.87. The van der Waals surface area contributed by atoms with E-state index in [0.29, 0.717) is 17.4 Å². The second-order valence-electron chi connectivity index (χ2n) is 12.5. The van der Waals surface area contributed by atoms with Gasteiger partial charge >= 0.3 is 7.82 Å². The number of carbonyl (C=O) groups is 1. The first kappa shape index (κ1) is 43.9. The van der Waals surface area contributed by atoms with Gasteiger partial charge in [0.25, 0.3) is 0 Å². The topological polar surface area (TPSA) is 105 Å². The molecule has 0 aliphatic rings. The summed E-state index contributed by atoms with van der Waals surface area (Å²) in [6.45, 7) is 4.42. The molecule has 264 valence electrons. The van der Waals surface area contributed by atoms with E-state index in [1.54, 1.807) is 6.08 Å². The molecule has 0 saturated carbocycles. The number of allylic oxidation sites excluding steroid dienone is 11. The normalized spacial score (nSPS) is 15.7. The van der Waals surface area contributed by atoms with Gasteiger partial charge in [0.1, 0.15) is 13.2 Å². The van der Waals surface area contributed by atoms with Gasteiger partial charge in [0.2, 0.25) is 5.91 Å². The molecule has 0 saturated heterocycles. The standard InChI is InChI=1S/C37H65N2O6P/c1-6-8-10-11-12-13-14-15-16-17-18-19-20-21-22-23-24-25-26-27-29-31-37(41)38-35(36(40)30-28-9-7-2)34-45-46(42,43)44-33-32-39(3,4)5/h8,10,12-13,15-16,18-19,21-22,28,30,35-36,40H,6-7,9,11,14,17,20,23-27,29,31-34H2,1-5H3,(H-,38,41,42,43)/p+1/b10-8-,13-12-,16-15-,19-18-,22-21-,30-28+. The van der Waals surface area contributed by atoms with E-state index in [-0.39, 0.29) is 19.1 Å². The number of phosphoric ester groups is 1. The van der Waals surface area contributed by atoms with Gasteiger partial charge < -0.3 is 19.8 Å². The van der Waals surface area contributed by atoms with Crippen molar-refractivity contribution < 1.29 is 32.9 Å². The van der Waals surface area contributed by atoms with Crippen molar-refractivity contribution in [2.75, 3.05) is 40.9 Å². The second kappa shape index (κ2) is 29.1. The van der Waals surface area contributed by atoms with E-state index in [1.165, 1.54) is 0 Å². The van der Waals surface area contributed by atoms with Crippen LogP contribution in [0.4, 0.5) is 0 Å². The smallest absolute Gasteiger partial charge is 0.387 e. The Hall–Kier alpha value is -2.06. The number of aliphatic hydroxyl groups is 1. The first-order valence-corrected chi connectivity index (χ1v) is 18.8. The number of hydrogen-bond acceptors (Lipinski definition) is 5. The van der Waals surface area contributed by atoms with Crippen LogP contribution < -0.4 is 5.32 Å². The van der Waals surface area contributed by atoms with E-state index in [9.17, 15) is 19.4 Å². The van der Waals surface area contributed by atoms with Crippen molar-refractivity contribution in [1.82, 2.24) is 5.32 Å². The largest absolute Gasteiger partial charge is 0.472 e. The average molecular weight is 666 g/mol. The highest BCUT2D eigenvalue weighted by atomic mass is 31.2. The number of rotatable bonds is 29. The summed E-state index contributed by atoms with van der Waals surface area (Å²) in [6, 6.07) is -0.855. The third kappa shape index (κ3) is 30.6. The molecule has 0 fully saturated rings. The highest BCUT2D eigenvalue weighted by Crippen LogP contribution is 2.43.